The second kappa shape index (κ2) is 7.58. The molecule has 1 heterocycles. The number of rotatable bonds is 5. The second-order valence-electron chi connectivity index (χ2n) is 5.72. The first-order valence-corrected chi connectivity index (χ1v) is 8.23. The molecule has 3 rings (SSSR count). The molecule has 0 radical (unpaired) electrons. The number of halogens is 2. The van der Waals surface area contributed by atoms with Gasteiger partial charge in [-0.15, -0.1) is 0 Å². The van der Waals surface area contributed by atoms with Crippen LogP contribution in [-0.2, 0) is 6.61 Å². The van der Waals surface area contributed by atoms with Gasteiger partial charge in [0, 0.05) is 0 Å². The van der Waals surface area contributed by atoms with E-state index in [9.17, 15) is 9.18 Å². The molecule has 0 aliphatic carbocycles. The molecule has 1 N–H and O–H groups in total. The third kappa shape index (κ3) is 3.86. The summed E-state index contributed by atoms with van der Waals surface area (Å²) < 4.78 is 24.6. The molecule has 0 saturated carbocycles. The van der Waals surface area contributed by atoms with E-state index in [1.165, 1.54) is 6.07 Å². The summed E-state index contributed by atoms with van der Waals surface area (Å²) in [5.74, 6) is -0.195. The maximum absolute atomic E-state index is 13.9. The van der Waals surface area contributed by atoms with Crippen LogP contribution in [0.15, 0.2) is 47.0 Å². The van der Waals surface area contributed by atoms with Gasteiger partial charge in [-0.3, -0.25) is 4.79 Å². The smallest absolute Gasteiger partial charge is 0.278 e. The first kappa shape index (κ1) is 17.9. The Bertz CT molecular complexity index is 956. The number of anilines is 1. The largest absolute Gasteiger partial charge is 0.487 e. The summed E-state index contributed by atoms with van der Waals surface area (Å²) in [5, 5.41) is 6.74. The third-order valence-electron chi connectivity index (χ3n) is 3.78. The zero-order valence-electron chi connectivity index (χ0n) is 14.2. The van der Waals surface area contributed by atoms with Crippen LogP contribution >= 0.6 is 11.6 Å². The van der Waals surface area contributed by atoms with E-state index in [0.29, 0.717) is 22.1 Å². The molecule has 0 atom stereocenters. The Hall–Kier alpha value is -2.86. The van der Waals surface area contributed by atoms with Crippen molar-refractivity contribution in [3.05, 3.63) is 75.9 Å². The molecule has 0 bridgehead atoms. The van der Waals surface area contributed by atoms with Crippen LogP contribution < -0.4 is 10.1 Å². The van der Waals surface area contributed by atoms with E-state index < -0.39 is 11.7 Å². The number of carbonyl (C=O) groups excluding carboxylic acids is 1. The molecule has 0 saturated heterocycles. The first-order chi connectivity index (χ1) is 12.5. The molecule has 0 unspecified atom stereocenters. The Morgan fingerprint density at radius 1 is 1.27 bits per heavy atom. The number of benzene rings is 2. The van der Waals surface area contributed by atoms with E-state index in [4.69, 9.17) is 20.9 Å². The van der Waals surface area contributed by atoms with Crippen LogP contribution in [0.25, 0.3) is 0 Å². The van der Waals surface area contributed by atoms with Crippen LogP contribution in [-0.4, -0.2) is 11.1 Å². The van der Waals surface area contributed by atoms with E-state index in [-0.39, 0.29) is 18.0 Å². The molecule has 1 aromatic heterocycles. The fraction of sp³-hybridized carbons (Fsp3) is 0.158. The number of aromatic nitrogens is 1. The molecule has 1 amide bonds. The molecule has 134 valence electrons. The minimum Gasteiger partial charge on any atom is -0.487 e. The number of carbonyl (C=O) groups is 1. The van der Waals surface area contributed by atoms with Crippen molar-refractivity contribution >= 4 is 23.2 Å². The average Bonchev–Trinajstić information content (AvgIpc) is 2.98. The van der Waals surface area contributed by atoms with Crippen molar-refractivity contribution in [2.24, 2.45) is 0 Å². The maximum atomic E-state index is 13.9. The van der Waals surface area contributed by atoms with Gasteiger partial charge in [0.25, 0.3) is 5.91 Å². The standard InChI is InChI=1S/C19H16ClFN2O3/c1-11-7-8-15(21)16(9-11)22-19(24)18-13(12(2)26-23-18)10-25-17-6-4-3-5-14(17)20/h3-9H,10H2,1-2H3,(H,22,24). The van der Waals surface area contributed by atoms with Gasteiger partial charge in [-0.1, -0.05) is 35.0 Å². The number of nitrogens with one attached hydrogen (secondary N) is 1. The Labute approximate surface area is 154 Å². The zero-order valence-corrected chi connectivity index (χ0v) is 14.9. The summed E-state index contributed by atoms with van der Waals surface area (Å²) in [6.45, 7) is 3.51. The normalized spacial score (nSPS) is 10.6. The van der Waals surface area contributed by atoms with Crippen molar-refractivity contribution in [2.75, 3.05) is 5.32 Å². The number of nitrogens with zero attached hydrogens (tertiary/aromatic N) is 1. The lowest BCUT2D eigenvalue weighted by Gasteiger charge is -2.09. The summed E-state index contributed by atoms with van der Waals surface area (Å²) >= 11 is 6.06. The van der Waals surface area contributed by atoms with Crippen molar-refractivity contribution in [3.63, 3.8) is 0 Å². The minimum atomic E-state index is -0.580. The quantitative estimate of drug-likeness (QED) is 0.688. The summed E-state index contributed by atoms with van der Waals surface area (Å²) in [6.07, 6.45) is 0. The van der Waals surface area contributed by atoms with Crippen LogP contribution in [0.5, 0.6) is 5.75 Å². The van der Waals surface area contributed by atoms with Gasteiger partial charge in [0.2, 0.25) is 0 Å². The Kier molecular flexibility index (Phi) is 5.23. The Morgan fingerprint density at radius 2 is 2.04 bits per heavy atom. The highest BCUT2D eigenvalue weighted by atomic mass is 35.5. The number of ether oxygens (including phenoxy) is 1. The van der Waals surface area contributed by atoms with Crippen molar-refractivity contribution in [2.45, 2.75) is 20.5 Å². The maximum Gasteiger partial charge on any atom is 0.278 e. The van der Waals surface area contributed by atoms with Crippen molar-refractivity contribution in [3.8, 4) is 5.75 Å². The van der Waals surface area contributed by atoms with E-state index >= 15 is 0 Å². The van der Waals surface area contributed by atoms with Gasteiger partial charge in [0.15, 0.2) is 5.69 Å². The number of hydrogen-bond acceptors (Lipinski definition) is 4. The second-order valence-corrected chi connectivity index (χ2v) is 6.13. The van der Waals surface area contributed by atoms with Gasteiger partial charge in [-0.25, -0.2) is 4.39 Å². The molecule has 2 aromatic carbocycles. The molecule has 5 nitrogen and oxygen atoms in total. The molecule has 0 aliphatic heterocycles. The van der Waals surface area contributed by atoms with E-state index in [1.807, 2.05) is 0 Å². The number of aryl methyl sites for hydroxylation is 2. The van der Waals surface area contributed by atoms with E-state index in [2.05, 4.69) is 10.5 Å². The van der Waals surface area contributed by atoms with Crippen molar-refractivity contribution < 1.29 is 18.4 Å². The van der Waals surface area contributed by atoms with Crippen LogP contribution in [0.3, 0.4) is 0 Å². The van der Waals surface area contributed by atoms with Crippen LogP contribution in [0.1, 0.15) is 27.4 Å². The van der Waals surface area contributed by atoms with Gasteiger partial charge in [0.1, 0.15) is 23.9 Å². The van der Waals surface area contributed by atoms with Crippen LogP contribution in [0.4, 0.5) is 10.1 Å². The van der Waals surface area contributed by atoms with Gasteiger partial charge in [-0.05, 0) is 43.7 Å². The highest BCUT2D eigenvalue weighted by molar-refractivity contribution is 6.32. The molecular weight excluding hydrogens is 359 g/mol. The van der Waals surface area contributed by atoms with Crippen LogP contribution in [0.2, 0.25) is 5.02 Å². The third-order valence-corrected chi connectivity index (χ3v) is 4.09. The predicted molar refractivity (Wildman–Crippen MR) is 96.1 cm³/mol. The van der Waals surface area contributed by atoms with E-state index in [0.717, 1.165) is 5.56 Å². The molecule has 26 heavy (non-hydrogen) atoms. The fourth-order valence-corrected chi connectivity index (χ4v) is 2.56. The molecule has 0 aliphatic rings. The lowest BCUT2D eigenvalue weighted by Crippen LogP contribution is -2.16. The monoisotopic (exact) mass is 374 g/mol. The Balaban J connectivity index is 1.79. The van der Waals surface area contributed by atoms with Crippen LogP contribution in [0, 0.1) is 19.7 Å². The van der Waals surface area contributed by atoms with Gasteiger partial charge < -0.3 is 14.6 Å². The highest BCUT2D eigenvalue weighted by Crippen LogP contribution is 2.26. The van der Waals surface area contributed by atoms with Gasteiger partial charge in [0.05, 0.1) is 16.3 Å². The molecular formula is C19H16ClFN2O3. The lowest BCUT2D eigenvalue weighted by atomic mass is 10.1. The predicted octanol–water partition coefficient (Wildman–Crippen LogP) is 4.92. The summed E-state index contributed by atoms with van der Waals surface area (Å²) in [6, 6.07) is 11.4. The molecule has 7 heteroatoms. The van der Waals surface area contributed by atoms with Gasteiger partial charge >= 0.3 is 0 Å². The number of amides is 1. The van der Waals surface area contributed by atoms with Gasteiger partial charge in [-0.2, -0.15) is 0 Å². The topological polar surface area (TPSA) is 64.4 Å². The SMILES string of the molecule is Cc1ccc(F)c(NC(=O)c2noc(C)c2COc2ccccc2Cl)c1. The van der Waals surface area contributed by atoms with Crippen molar-refractivity contribution in [1.29, 1.82) is 0 Å². The van der Waals surface area contributed by atoms with E-state index in [1.54, 1.807) is 50.2 Å². The van der Waals surface area contributed by atoms with Crippen molar-refractivity contribution in [1.82, 2.24) is 5.16 Å². The summed E-state index contributed by atoms with van der Waals surface area (Å²) in [5.41, 5.74) is 1.40. The molecule has 0 spiro atoms. The fourth-order valence-electron chi connectivity index (χ4n) is 2.37. The molecule has 0 fully saturated rings. The zero-order chi connectivity index (χ0) is 18.7. The highest BCUT2D eigenvalue weighted by Gasteiger charge is 2.21. The number of para-hydroxylation sites is 1. The minimum absolute atomic E-state index is 0.0375. The lowest BCUT2D eigenvalue weighted by molar-refractivity contribution is 0.101. The Morgan fingerprint density at radius 3 is 2.81 bits per heavy atom. The summed E-state index contributed by atoms with van der Waals surface area (Å²) in [4.78, 5) is 12.5. The average molecular weight is 375 g/mol. The first-order valence-electron chi connectivity index (χ1n) is 7.85. The number of hydrogen-bond donors (Lipinski definition) is 1. The summed E-state index contributed by atoms with van der Waals surface area (Å²) in [7, 11) is 0. The molecule has 3 aromatic rings.